The van der Waals surface area contributed by atoms with Gasteiger partial charge in [-0.2, -0.15) is 13.2 Å². The van der Waals surface area contributed by atoms with Crippen LogP contribution in [0.5, 0.6) is 0 Å². The number of nitrogens with zero attached hydrogens (tertiary/aromatic N) is 1. The lowest BCUT2D eigenvalue weighted by atomic mass is 10.2. The van der Waals surface area contributed by atoms with E-state index in [9.17, 15) is 18.0 Å². The Kier molecular flexibility index (Phi) is 4.39. The van der Waals surface area contributed by atoms with E-state index in [1.807, 2.05) is 0 Å². The first-order valence-electron chi connectivity index (χ1n) is 4.91. The lowest BCUT2D eigenvalue weighted by molar-refractivity contribution is -0.136. The summed E-state index contributed by atoms with van der Waals surface area (Å²) < 4.78 is 36.3. The van der Waals surface area contributed by atoms with Crippen molar-refractivity contribution in [3.63, 3.8) is 0 Å². The van der Waals surface area contributed by atoms with Crippen LogP contribution in [-0.4, -0.2) is 28.3 Å². The summed E-state index contributed by atoms with van der Waals surface area (Å²) in [5.74, 6) is -1.23. The highest BCUT2D eigenvalue weighted by atomic mass is 35.5. The van der Waals surface area contributed by atoms with E-state index in [0.717, 1.165) is 12.3 Å². The summed E-state index contributed by atoms with van der Waals surface area (Å²) in [6.07, 6.45) is -4.26. The third-order valence-corrected chi connectivity index (χ3v) is 2.32. The summed E-state index contributed by atoms with van der Waals surface area (Å²) in [6, 6.07) is 0.178. The van der Waals surface area contributed by atoms with Gasteiger partial charge in [-0.05, 0) is 13.0 Å². The van der Waals surface area contributed by atoms with Gasteiger partial charge in [-0.15, -0.1) is 0 Å². The predicted octanol–water partition coefficient (Wildman–Crippen LogP) is 3.19. The maximum absolute atomic E-state index is 12.1. The number of rotatable bonds is 4. The summed E-state index contributed by atoms with van der Waals surface area (Å²) in [6.45, 7) is 1.32. The third kappa shape index (κ3) is 4.40. The number of nitrogens with one attached hydrogen (secondary N) is 1. The number of carboxylic acid groups (broad SMARTS) is 1. The number of hydrogen-bond acceptors (Lipinski definition) is 3. The fourth-order valence-corrected chi connectivity index (χ4v) is 1.52. The number of aromatic carboxylic acids is 1. The van der Waals surface area contributed by atoms with Gasteiger partial charge in [0, 0.05) is 12.2 Å². The van der Waals surface area contributed by atoms with E-state index in [1.165, 1.54) is 6.92 Å². The Balaban J connectivity index is 2.80. The lowest BCUT2D eigenvalue weighted by Crippen LogP contribution is -2.24. The Hall–Kier alpha value is -1.50. The highest BCUT2D eigenvalue weighted by Crippen LogP contribution is 2.24. The molecule has 1 unspecified atom stereocenters. The molecule has 18 heavy (non-hydrogen) atoms. The number of aromatic nitrogens is 1. The summed E-state index contributed by atoms with van der Waals surface area (Å²) in [5, 5.41) is 11.2. The molecule has 1 aromatic heterocycles. The highest BCUT2D eigenvalue weighted by Gasteiger charge is 2.30. The SMILES string of the molecule is CC(CC(F)(F)F)Nc1cc(C(=O)O)c(Cl)cn1. The maximum atomic E-state index is 12.1. The van der Waals surface area contributed by atoms with Gasteiger partial charge in [0.2, 0.25) is 0 Å². The first-order valence-corrected chi connectivity index (χ1v) is 5.29. The molecule has 1 rings (SSSR count). The van der Waals surface area contributed by atoms with Crippen LogP contribution in [0.25, 0.3) is 0 Å². The van der Waals surface area contributed by atoms with E-state index in [4.69, 9.17) is 16.7 Å². The Bertz CT molecular complexity index is 451. The minimum absolute atomic E-state index is 0.0357. The Morgan fingerprint density at radius 1 is 1.61 bits per heavy atom. The molecular formula is C10H10ClF3N2O2. The van der Waals surface area contributed by atoms with Gasteiger partial charge in [0.15, 0.2) is 0 Å². The second kappa shape index (κ2) is 5.43. The van der Waals surface area contributed by atoms with Gasteiger partial charge in [0.25, 0.3) is 0 Å². The average molecular weight is 283 g/mol. The standard InChI is InChI=1S/C10H10ClF3N2O2/c1-5(3-10(12,13)14)16-8-2-6(9(17)18)7(11)4-15-8/h2,4-5H,3H2,1H3,(H,15,16)(H,17,18). The maximum Gasteiger partial charge on any atom is 0.391 e. The van der Waals surface area contributed by atoms with Crippen molar-refractivity contribution in [3.05, 3.63) is 22.8 Å². The number of halogens is 4. The quantitative estimate of drug-likeness (QED) is 0.890. The molecule has 0 aliphatic rings. The van der Waals surface area contributed by atoms with E-state index in [1.54, 1.807) is 0 Å². The van der Waals surface area contributed by atoms with Crippen molar-refractivity contribution >= 4 is 23.4 Å². The first-order chi connectivity index (χ1) is 8.19. The van der Waals surface area contributed by atoms with Crippen molar-refractivity contribution in [2.75, 3.05) is 5.32 Å². The molecule has 2 N–H and O–H groups in total. The average Bonchev–Trinajstić information content (AvgIpc) is 2.17. The predicted molar refractivity (Wildman–Crippen MR) is 60.0 cm³/mol. The smallest absolute Gasteiger partial charge is 0.391 e. The fraction of sp³-hybridized carbons (Fsp3) is 0.400. The second-order valence-corrected chi connectivity index (χ2v) is 4.13. The monoisotopic (exact) mass is 282 g/mol. The second-order valence-electron chi connectivity index (χ2n) is 3.72. The molecule has 8 heteroatoms. The van der Waals surface area contributed by atoms with Gasteiger partial charge < -0.3 is 10.4 Å². The highest BCUT2D eigenvalue weighted by molar-refractivity contribution is 6.33. The summed E-state index contributed by atoms with van der Waals surface area (Å²) in [4.78, 5) is 14.5. The molecule has 1 atom stereocenters. The minimum Gasteiger partial charge on any atom is -0.478 e. The van der Waals surface area contributed by atoms with E-state index in [2.05, 4.69) is 10.3 Å². The van der Waals surface area contributed by atoms with Crippen molar-refractivity contribution < 1.29 is 23.1 Å². The van der Waals surface area contributed by atoms with Gasteiger partial charge in [0.05, 0.1) is 17.0 Å². The molecule has 1 aromatic rings. The van der Waals surface area contributed by atoms with Crippen LogP contribution in [-0.2, 0) is 0 Å². The molecule has 0 saturated heterocycles. The number of pyridine rings is 1. The zero-order valence-corrected chi connectivity index (χ0v) is 10.0. The largest absolute Gasteiger partial charge is 0.478 e. The van der Waals surface area contributed by atoms with Crippen LogP contribution >= 0.6 is 11.6 Å². The van der Waals surface area contributed by atoms with Crippen LogP contribution in [0.3, 0.4) is 0 Å². The Morgan fingerprint density at radius 2 is 2.22 bits per heavy atom. The number of anilines is 1. The van der Waals surface area contributed by atoms with Crippen molar-refractivity contribution in [3.8, 4) is 0 Å². The van der Waals surface area contributed by atoms with E-state index < -0.39 is 24.6 Å². The normalized spacial score (nSPS) is 13.2. The van der Waals surface area contributed by atoms with Crippen molar-refractivity contribution in [1.29, 1.82) is 0 Å². The lowest BCUT2D eigenvalue weighted by Gasteiger charge is -2.16. The third-order valence-electron chi connectivity index (χ3n) is 2.02. The van der Waals surface area contributed by atoms with Crippen LogP contribution in [0.4, 0.5) is 19.0 Å². The summed E-state index contributed by atoms with van der Waals surface area (Å²) in [7, 11) is 0. The van der Waals surface area contributed by atoms with Crippen molar-refractivity contribution in [1.82, 2.24) is 4.98 Å². The van der Waals surface area contributed by atoms with Gasteiger partial charge in [0.1, 0.15) is 5.82 Å². The number of hydrogen-bond donors (Lipinski definition) is 2. The van der Waals surface area contributed by atoms with E-state index in [0.29, 0.717) is 0 Å². The van der Waals surface area contributed by atoms with Crippen LogP contribution < -0.4 is 5.32 Å². The van der Waals surface area contributed by atoms with E-state index >= 15 is 0 Å². The van der Waals surface area contributed by atoms with Gasteiger partial charge in [-0.3, -0.25) is 0 Å². The van der Waals surface area contributed by atoms with Crippen molar-refractivity contribution in [2.45, 2.75) is 25.6 Å². The van der Waals surface area contributed by atoms with Crippen LogP contribution in [0.2, 0.25) is 5.02 Å². The molecule has 0 bridgehead atoms. The Labute approximate surface area is 106 Å². The van der Waals surface area contributed by atoms with Crippen LogP contribution in [0.15, 0.2) is 12.3 Å². The first kappa shape index (κ1) is 14.6. The molecular weight excluding hydrogens is 273 g/mol. The molecule has 0 aliphatic heterocycles. The molecule has 0 aromatic carbocycles. The number of alkyl halides is 3. The Morgan fingerprint density at radius 3 is 2.72 bits per heavy atom. The summed E-state index contributed by atoms with van der Waals surface area (Å²) >= 11 is 5.58. The zero-order chi connectivity index (χ0) is 13.9. The molecule has 0 radical (unpaired) electrons. The zero-order valence-electron chi connectivity index (χ0n) is 9.25. The van der Waals surface area contributed by atoms with Crippen molar-refractivity contribution in [2.24, 2.45) is 0 Å². The van der Waals surface area contributed by atoms with Gasteiger partial charge in [-0.25, -0.2) is 9.78 Å². The molecule has 0 amide bonds. The van der Waals surface area contributed by atoms with Crippen LogP contribution in [0, 0.1) is 0 Å². The molecule has 0 spiro atoms. The molecule has 0 aliphatic carbocycles. The van der Waals surface area contributed by atoms with Gasteiger partial charge >= 0.3 is 12.1 Å². The molecule has 0 fully saturated rings. The molecule has 4 nitrogen and oxygen atoms in total. The fourth-order valence-electron chi connectivity index (χ4n) is 1.33. The van der Waals surface area contributed by atoms with E-state index in [-0.39, 0.29) is 16.4 Å². The number of carboxylic acids is 1. The molecule has 100 valence electrons. The summed E-state index contributed by atoms with van der Waals surface area (Å²) in [5.41, 5.74) is -0.214. The topological polar surface area (TPSA) is 62.2 Å². The number of carbonyl (C=O) groups is 1. The minimum atomic E-state index is -4.30. The molecule has 0 saturated carbocycles. The van der Waals surface area contributed by atoms with Gasteiger partial charge in [-0.1, -0.05) is 11.6 Å². The van der Waals surface area contributed by atoms with Crippen LogP contribution in [0.1, 0.15) is 23.7 Å². The molecule has 1 heterocycles.